The lowest BCUT2D eigenvalue weighted by Crippen LogP contribution is -2.00. The fourth-order valence-corrected chi connectivity index (χ4v) is 1.99. The maximum atomic E-state index is 5.70. The van der Waals surface area contributed by atoms with Crippen molar-refractivity contribution in [2.45, 2.75) is 19.3 Å². The molecule has 2 aromatic rings. The van der Waals surface area contributed by atoms with Gasteiger partial charge in [0.15, 0.2) is 0 Å². The Labute approximate surface area is 96.1 Å². The summed E-state index contributed by atoms with van der Waals surface area (Å²) in [5.74, 6) is 0.434. The van der Waals surface area contributed by atoms with Crippen molar-refractivity contribution < 1.29 is 0 Å². The van der Waals surface area contributed by atoms with E-state index in [2.05, 4.69) is 36.2 Å². The number of nitrogens with two attached hydrogens (primary N) is 1. The van der Waals surface area contributed by atoms with Gasteiger partial charge in [-0.1, -0.05) is 19.1 Å². The average molecular weight is 212 g/mol. The highest BCUT2D eigenvalue weighted by atomic mass is 14.6. The molecule has 1 atom stereocenters. The second kappa shape index (κ2) is 4.79. The molecular weight excluding hydrogens is 196 g/mol. The van der Waals surface area contributed by atoms with Gasteiger partial charge < -0.3 is 5.73 Å². The minimum Gasteiger partial charge on any atom is -0.399 e. The average Bonchev–Trinajstić information content (AvgIpc) is 2.34. The number of rotatable bonds is 3. The van der Waals surface area contributed by atoms with Gasteiger partial charge in [0.1, 0.15) is 0 Å². The van der Waals surface area contributed by atoms with Crippen molar-refractivity contribution in [3.63, 3.8) is 0 Å². The summed E-state index contributed by atoms with van der Waals surface area (Å²) in [4.78, 5) is 4.05. The molecule has 0 bridgehead atoms. The number of nitrogen functional groups attached to an aromatic ring is 1. The molecule has 1 unspecified atom stereocenters. The zero-order chi connectivity index (χ0) is 11.4. The first-order chi connectivity index (χ1) is 7.81. The van der Waals surface area contributed by atoms with E-state index in [1.165, 1.54) is 11.1 Å². The van der Waals surface area contributed by atoms with E-state index in [9.17, 15) is 0 Å². The van der Waals surface area contributed by atoms with Crippen LogP contribution in [-0.4, -0.2) is 4.98 Å². The van der Waals surface area contributed by atoms with Gasteiger partial charge in [0, 0.05) is 24.0 Å². The van der Waals surface area contributed by atoms with E-state index in [0.717, 1.165) is 12.1 Å². The number of benzene rings is 1. The molecule has 1 aromatic heterocycles. The zero-order valence-corrected chi connectivity index (χ0v) is 9.43. The summed E-state index contributed by atoms with van der Waals surface area (Å²) in [5, 5.41) is 0. The summed E-state index contributed by atoms with van der Waals surface area (Å²) in [7, 11) is 0. The molecule has 2 rings (SSSR count). The number of nitrogens with zero attached hydrogens (tertiary/aromatic N) is 1. The van der Waals surface area contributed by atoms with Crippen LogP contribution in [0, 0.1) is 0 Å². The first-order valence-corrected chi connectivity index (χ1v) is 5.56. The van der Waals surface area contributed by atoms with Crippen LogP contribution in [0.3, 0.4) is 0 Å². The fourth-order valence-electron chi connectivity index (χ4n) is 1.99. The molecule has 0 aliphatic heterocycles. The van der Waals surface area contributed by atoms with Crippen LogP contribution in [0.5, 0.6) is 0 Å². The molecule has 0 radical (unpaired) electrons. The molecule has 0 fully saturated rings. The second-order valence-electron chi connectivity index (χ2n) is 3.91. The van der Waals surface area contributed by atoms with E-state index in [-0.39, 0.29) is 0 Å². The number of hydrogen-bond donors (Lipinski definition) is 1. The van der Waals surface area contributed by atoms with Crippen molar-refractivity contribution in [3.05, 3.63) is 59.9 Å². The summed E-state index contributed by atoms with van der Waals surface area (Å²) in [6.45, 7) is 2.20. The summed E-state index contributed by atoms with van der Waals surface area (Å²) in [6, 6.07) is 12.3. The minimum absolute atomic E-state index is 0.434. The minimum atomic E-state index is 0.434. The summed E-state index contributed by atoms with van der Waals surface area (Å²) < 4.78 is 0. The molecule has 0 spiro atoms. The Balaban J connectivity index is 2.33. The maximum Gasteiger partial charge on any atom is 0.0314 e. The normalized spacial score (nSPS) is 12.3. The van der Waals surface area contributed by atoms with Gasteiger partial charge in [0.2, 0.25) is 0 Å². The van der Waals surface area contributed by atoms with Gasteiger partial charge in [-0.25, -0.2) is 0 Å². The van der Waals surface area contributed by atoms with Crippen LogP contribution in [0.25, 0.3) is 0 Å². The quantitative estimate of drug-likeness (QED) is 0.793. The van der Waals surface area contributed by atoms with Crippen molar-refractivity contribution in [1.29, 1.82) is 0 Å². The van der Waals surface area contributed by atoms with E-state index < -0.39 is 0 Å². The summed E-state index contributed by atoms with van der Waals surface area (Å²) >= 11 is 0. The number of pyridine rings is 1. The Morgan fingerprint density at radius 1 is 1.00 bits per heavy atom. The lowest BCUT2D eigenvalue weighted by molar-refractivity contribution is 0.775. The SMILES string of the molecule is CCC(c1ccncc1)c1ccc(N)cc1. The predicted molar refractivity (Wildman–Crippen MR) is 67.2 cm³/mol. The van der Waals surface area contributed by atoms with Gasteiger partial charge in [-0.15, -0.1) is 0 Å². The van der Waals surface area contributed by atoms with E-state index in [4.69, 9.17) is 5.73 Å². The van der Waals surface area contributed by atoms with Gasteiger partial charge in [-0.05, 0) is 41.8 Å². The molecule has 1 aromatic carbocycles. The van der Waals surface area contributed by atoms with Gasteiger partial charge in [0.25, 0.3) is 0 Å². The van der Waals surface area contributed by atoms with E-state index >= 15 is 0 Å². The Kier molecular flexibility index (Phi) is 3.20. The molecular formula is C14H16N2. The molecule has 2 nitrogen and oxygen atoms in total. The standard InChI is InChI=1S/C14H16N2/c1-2-14(12-7-9-16-10-8-12)11-3-5-13(15)6-4-11/h3-10,14H,2,15H2,1H3. The van der Waals surface area contributed by atoms with Gasteiger partial charge in [-0.2, -0.15) is 0 Å². The predicted octanol–water partition coefficient (Wildman–Crippen LogP) is 3.21. The highest BCUT2D eigenvalue weighted by molar-refractivity contribution is 5.42. The van der Waals surface area contributed by atoms with Crippen LogP contribution in [0.1, 0.15) is 30.4 Å². The third kappa shape index (κ3) is 2.22. The second-order valence-corrected chi connectivity index (χ2v) is 3.91. The van der Waals surface area contributed by atoms with Crippen molar-refractivity contribution in [2.24, 2.45) is 0 Å². The van der Waals surface area contributed by atoms with Crippen LogP contribution < -0.4 is 5.73 Å². The molecule has 2 N–H and O–H groups in total. The first-order valence-electron chi connectivity index (χ1n) is 5.56. The monoisotopic (exact) mass is 212 g/mol. The molecule has 0 amide bonds. The largest absolute Gasteiger partial charge is 0.399 e. The molecule has 0 aliphatic carbocycles. The maximum absolute atomic E-state index is 5.70. The highest BCUT2D eigenvalue weighted by Gasteiger charge is 2.11. The van der Waals surface area contributed by atoms with Gasteiger partial charge in [0.05, 0.1) is 0 Å². The van der Waals surface area contributed by atoms with Crippen LogP contribution in [0.15, 0.2) is 48.8 Å². The van der Waals surface area contributed by atoms with Gasteiger partial charge >= 0.3 is 0 Å². The molecule has 1 heterocycles. The molecule has 2 heteroatoms. The van der Waals surface area contributed by atoms with Crippen molar-refractivity contribution >= 4 is 5.69 Å². The van der Waals surface area contributed by atoms with Crippen molar-refractivity contribution in [1.82, 2.24) is 4.98 Å². The number of aromatic nitrogens is 1. The Morgan fingerprint density at radius 3 is 2.12 bits per heavy atom. The first kappa shape index (κ1) is 10.7. The third-order valence-electron chi connectivity index (χ3n) is 2.86. The van der Waals surface area contributed by atoms with Gasteiger partial charge in [-0.3, -0.25) is 4.98 Å². The Bertz CT molecular complexity index is 434. The molecule has 82 valence electrons. The van der Waals surface area contributed by atoms with Crippen molar-refractivity contribution in [3.8, 4) is 0 Å². The van der Waals surface area contributed by atoms with E-state index in [1.807, 2.05) is 24.5 Å². The van der Waals surface area contributed by atoms with Crippen LogP contribution in [0.2, 0.25) is 0 Å². The summed E-state index contributed by atoms with van der Waals surface area (Å²) in [5.41, 5.74) is 9.13. The fraction of sp³-hybridized carbons (Fsp3) is 0.214. The lowest BCUT2D eigenvalue weighted by Gasteiger charge is -2.15. The molecule has 16 heavy (non-hydrogen) atoms. The molecule has 0 saturated heterocycles. The topological polar surface area (TPSA) is 38.9 Å². The van der Waals surface area contributed by atoms with Crippen LogP contribution in [-0.2, 0) is 0 Å². The molecule has 0 aliphatic rings. The van der Waals surface area contributed by atoms with E-state index in [0.29, 0.717) is 5.92 Å². The third-order valence-corrected chi connectivity index (χ3v) is 2.86. The number of anilines is 1. The highest BCUT2D eigenvalue weighted by Crippen LogP contribution is 2.27. The summed E-state index contributed by atoms with van der Waals surface area (Å²) in [6.07, 6.45) is 4.76. The Hall–Kier alpha value is -1.83. The van der Waals surface area contributed by atoms with E-state index in [1.54, 1.807) is 0 Å². The number of hydrogen-bond acceptors (Lipinski definition) is 2. The lowest BCUT2D eigenvalue weighted by atomic mass is 9.90. The van der Waals surface area contributed by atoms with Crippen LogP contribution >= 0.6 is 0 Å². The smallest absolute Gasteiger partial charge is 0.0314 e. The zero-order valence-electron chi connectivity index (χ0n) is 9.43. The van der Waals surface area contributed by atoms with Crippen LogP contribution in [0.4, 0.5) is 5.69 Å². The molecule has 0 saturated carbocycles. The van der Waals surface area contributed by atoms with Crippen molar-refractivity contribution in [2.75, 3.05) is 5.73 Å². The Morgan fingerprint density at radius 2 is 1.56 bits per heavy atom.